The lowest BCUT2D eigenvalue weighted by molar-refractivity contribution is 0.712. The van der Waals surface area contributed by atoms with Gasteiger partial charge in [0.1, 0.15) is 0 Å². The van der Waals surface area contributed by atoms with Crippen LogP contribution >= 0.6 is 0 Å². The number of hydrogen-bond donors (Lipinski definition) is 2. The van der Waals surface area contributed by atoms with Crippen LogP contribution in [0, 0.1) is 0 Å². The highest BCUT2D eigenvalue weighted by molar-refractivity contribution is 5.40. The lowest BCUT2D eigenvalue weighted by atomic mass is 10.4. The molecule has 0 aliphatic heterocycles. The number of hydrogen-bond acceptors (Lipinski definition) is 3. The summed E-state index contributed by atoms with van der Waals surface area (Å²) in [5.74, 6) is 0. The summed E-state index contributed by atoms with van der Waals surface area (Å²) in [6.45, 7) is 0.729. The minimum absolute atomic E-state index is 0.729. The van der Waals surface area contributed by atoms with Crippen LogP contribution in [0.4, 0.5) is 5.69 Å². The Hall–Kier alpha value is -1.03. The molecule has 4 heteroatoms. The maximum Gasteiger partial charge on any atom is 0.0991 e. The molecule has 0 spiro atoms. The molecule has 1 rings (SSSR count). The van der Waals surface area contributed by atoms with Gasteiger partial charge >= 0.3 is 0 Å². The van der Waals surface area contributed by atoms with Gasteiger partial charge in [0.2, 0.25) is 0 Å². The summed E-state index contributed by atoms with van der Waals surface area (Å²) in [6, 6.07) is 0. The third-order valence-electron chi connectivity index (χ3n) is 1.28. The summed E-state index contributed by atoms with van der Waals surface area (Å²) in [7, 11) is 3.73. The zero-order valence-corrected chi connectivity index (χ0v) is 6.26. The number of aromatic nitrogens is 2. The quantitative estimate of drug-likeness (QED) is 0.594. The molecule has 4 nitrogen and oxygen atoms in total. The van der Waals surface area contributed by atoms with E-state index in [9.17, 15) is 0 Å². The lowest BCUT2D eigenvalue weighted by Gasteiger charge is -1.93. The fourth-order valence-electron chi connectivity index (χ4n) is 0.858. The molecule has 1 aromatic rings. The van der Waals surface area contributed by atoms with E-state index < -0.39 is 0 Å². The number of rotatable bonds is 2. The maximum absolute atomic E-state index is 5.60. The van der Waals surface area contributed by atoms with Crippen molar-refractivity contribution in [1.82, 2.24) is 15.1 Å². The predicted octanol–water partition coefficient (Wildman–Crippen LogP) is -0.278. The van der Waals surface area contributed by atoms with Gasteiger partial charge in [-0.15, -0.1) is 0 Å². The summed E-state index contributed by atoms with van der Waals surface area (Å²) >= 11 is 0. The normalized spacial score (nSPS) is 10.2. The van der Waals surface area contributed by atoms with Crippen LogP contribution in [0.2, 0.25) is 0 Å². The average molecular weight is 140 g/mol. The highest BCUT2D eigenvalue weighted by Crippen LogP contribution is 2.06. The molecular formula is C6H12N4. The fraction of sp³-hybridized carbons (Fsp3) is 0.500. The van der Waals surface area contributed by atoms with E-state index in [0.29, 0.717) is 0 Å². The Morgan fingerprint density at radius 1 is 1.80 bits per heavy atom. The summed E-state index contributed by atoms with van der Waals surface area (Å²) in [5, 5.41) is 7.11. The van der Waals surface area contributed by atoms with Crippen LogP contribution in [0.1, 0.15) is 5.69 Å². The minimum Gasteiger partial charge on any atom is -0.396 e. The zero-order valence-electron chi connectivity index (χ0n) is 6.26. The third kappa shape index (κ3) is 1.27. The SMILES string of the molecule is CNCc1nn(C)cc1N. The van der Waals surface area contributed by atoms with Crippen LogP contribution in [0.25, 0.3) is 0 Å². The monoisotopic (exact) mass is 140 g/mol. The van der Waals surface area contributed by atoms with Gasteiger partial charge in [0, 0.05) is 19.8 Å². The Bertz CT molecular complexity index is 216. The Morgan fingerprint density at radius 2 is 2.50 bits per heavy atom. The zero-order chi connectivity index (χ0) is 7.56. The van der Waals surface area contributed by atoms with E-state index in [1.807, 2.05) is 14.1 Å². The number of anilines is 1. The summed E-state index contributed by atoms with van der Waals surface area (Å²) in [5.41, 5.74) is 7.26. The largest absolute Gasteiger partial charge is 0.396 e. The number of nitrogens with two attached hydrogens (primary N) is 1. The molecule has 10 heavy (non-hydrogen) atoms. The van der Waals surface area contributed by atoms with Crippen molar-refractivity contribution in [3.8, 4) is 0 Å². The van der Waals surface area contributed by atoms with Crippen molar-refractivity contribution in [2.45, 2.75) is 6.54 Å². The molecule has 1 aromatic heterocycles. The van der Waals surface area contributed by atoms with Crippen molar-refractivity contribution in [2.75, 3.05) is 12.8 Å². The molecular weight excluding hydrogens is 128 g/mol. The summed E-state index contributed by atoms with van der Waals surface area (Å²) in [6.07, 6.45) is 1.80. The van der Waals surface area contributed by atoms with Crippen LogP contribution in [0.3, 0.4) is 0 Å². The predicted molar refractivity (Wildman–Crippen MR) is 40.4 cm³/mol. The van der Waals surface area contributed by atoms with E-state index in [2.05, 4.69) is 10.4 Å². The molecule has 0 amide bonds. The first kappa shape index (κ1) is 7.08. The van der Waals surface area contributed by atoms with Crippen molar-refractivity contribution in [3.05, 3.63) is 11.9 Å². The van der Waals surface area contributed by atoms with Crippen molar-refractivity contribution in [2.24, 2.45) is 7.05 Å². The standard InChI is InChI=1S/C6H12N4/c1-8-3-6-5(7)4-10(2)9-6/h4,8H,3,7H2,1-2H3. The van der Waals surface area contributed by atoms with Crippen molar-refractivity contribution >= 4 is 5.69 Å². The molecule has 3 N–H and O–H groups in total. The van der Waals surface area contributed by atoms with Crippen LogP contribution < -0.4 is 11.1 Å². The molecule has 0 aromatic carbocycles. The second kappa shape index (κ2) is 2.70. The second-order valence-corrected chi connectivity index (χ2v) is 2.24. The molecule has 1 heterocycles. The number of nitrogen functional groups attached to an aromatic ring is 1. The first-order valence-corrected chi connectivity index (χ1v) is 3.16. The van der Waals surface area contributed by atoms with Gasteiger partial charge in [0.25, 0.3) is 0 Å². The van der Waals surface area contributed by atoms with Crippen LogP contribution in [0.5, 0.6) is 0 Å². The number of aryl methyl sites for hydroxylation is 1. The van der Waals surface area contributed by atoms with Crippen LogP contribution in [0.15, 0.2) is 6.20 Å². The summed E-state index contributed by atoms with van der Waals surface area (Å²) in [4.78, 5) is 0. The van der Waals surface area contributed by atoms with Gasteiger partial charge in [-0.2, -0.15) is 5.10 Å². The average Bonchev–Trinajstić information content (AvgIpc) is 2.13. The third-order valence-corrected chi connectivity index (χ3v) is 1.28. The van der Waals surface area contributed by atoms with E-state index >= 15 is 0 Å². The van der Waals surface area contributed by atoms with E-state index in [0.717, 1.165) is 17.9 Å². The Labute approximate surface area is 60.0 Å². The lowest BCUT2D eigenvalue weighted by Crippen LogP contribution is -2.07. The second-order valence-electron chi connectivity index (χ2n) is 2.24. The Balaban J connectivity index is 2.81. The molecule has 0 aliphatic rings. The molecule has 0 unspecified atom stereocenters. The van der Waals surface area contributed by atoms with Gasteiger partial charge in [-0.05, 0) is 7.05 Å². The first-order valence-electron chi connectivity index (χ1n) is 3.16. The molecule has 0 bridgehead atoms. The van der Waals surface area contributed by atoms with Crippen LogP contribution in [-0.4, -0.2) is 16.8 Å². The molecule has 56 valence electrons. The van der Waals surface area contributed by atoms with E-state index in [1.165, 1.54) is 0 Å². The molecule has 0 aliphatic carbocycles. The first-order chi connectivity index (χ1) is 4.74. The number of nitrogens with zero attached hydrogens (tertiary/aromatic N) is 2. The van der Waals surface area contributed by atoms with Gasteiger partial charge in [-0.3, -0.25) is 4.68 Å². The number of nitrogens with one attached hydrogen (secondary N) is 1. The Morgan fingerprint density at radius 3 is 2.90 bits per heavy atom. The van der Waals surface area contributed by atoms with Crippen LogP contribution in [-0.2, 0) is 13.6 Å². The van der Waals surface area contributed by atoms with Gasteiger partial charge in [-0.1, -0.05) is 0 Å². The van der Waals surface area contributed by atoms with Crippen molar-refractivity contribution < 1.29 is 0 Å². The highest BCUT2D eigenvalue weighted by atomic mass is 15.3. The molecule has 0 saturated heterocycles. The van der Waals surface area contributed by atoms with E-state index in [4.69, 9.17) is 5.73 Å². The minimum atomic E-state index is 0.729. The molecule has 0 atom stereocenters. The molecule has 0 fully saturated rings. The van der Waals surface area contributed by atoms with Crippen molar-refractivity contribution in [3.63, 3.8) is 0 Å². The fourth-order valence-corrected chi connectivity index (χ4v) is 0.858. The van der Waals surface area contributed by atoms with Gasteiger partial charge in [0.15, 0.2) is 0 Å². The van der Waals surface area contributed by atoms with Gasteiger partial charge < -0.3 is 11.1 Å². The van der Waals surface area contributed by atoms with Gasteiger partial charge in [0.05, 0.1) is 11.4 Å². The highest BCUT2D eigenvalue weighted by Gasteiger charge is 2.00. The van der Waals surface area contributed by atoms with Crippen molar-refractivity contribution in [1.29, 1.82) is 0 Å². The Kier molecular flexibility index (Phi) is 1.91. The maximum atomic E-state index is 5.60. The molecule has 0 saturated carbocycles. The molecule has 0 radical (unpaired) electrons. The smallest absolute Gasteiger partial charge is 0.0991 e. The van der Waals surface area contributed by atoms with E-state index in [-0.39, 0.29) is 0 Å². The summed E-state index contributed by atoms with van der Waals surface area (Å²) < 4.78 is 1.71. The van der Waals surface area contributed by atoms with Gasteiger partial charge in [-0.25, -0.2) is 0 Å². The van der Waals surface area contributed by atoms with E-state index in [1.54, 1.807) is 10.9 Å². The topological polar surface area (TPSA) is 55.9 Å².